The van der Waals surface area contributed by atoms with Gasteiger partial charge in [-0.1, -0.05) is 15.9 Å². The molecular weight excluding hydrogens is 309 g/mol. The van der Waals surface area contributed by atoms with Gasteiger partial charge in [-0.25, -0.2) is 4.39 Å². The smallest absolute Gasteiger partial charge is 0.123 e. The van der Waals surface area contributed by atoms with Crippen molar-refractivity contribution in [1.82, 2.24) is 4.98 Å². The molecule has 4 heteroatoms. The van der Waals surface area contributed by atoms with Crippen molar-refractivity contribution < 1.29 is 9.50 Å². The molecule has 0 aliphatic rings. The molecule has 1 aromatic heterocycles. The zero-order chi connectivity index (χ0) is 13.7. The first kappa shape index (κ1) is 14.2. The van der Waals surface area contributed by atoms with Crippen molar-refractivity contribution in [2.75, 3.05) is 0 Å². The first-order valence-electron chi connectivity index (χ1n) is 6.16. The number of hydrogen-bond acceptors (Lipinski definition) is 2. The number of aliphatic hydroxyl groups is 1. The van der Waals surface area contributed by atoms with E-state index in [1.165, 1.54) is 12.1 Å². The van der Waals surface area contributed by atoms with Gasteiger partial charge in [-0.3, -0.25) is 4.98 Å². The molecule has 1 atom stereocenters. The molecule has 1 heterocycles. The fraction of sp³-hybridized carbons (Fsp3) is 0.267. The lowest BCUT2D eigenvalue weighted by Gasteiger charge is -2.12. The Kier molecular flexibility index (Phi) is 5.05. The van der Waals surface area contributed by atoms with E-state index in [-0.39, 0.29) is 5.82 Å². The van der Waals surface area contributed by atoms with E-state index in [9.17, 15) is 9.50 Å². The molecule has 0 aliphatic carbocycles. The van der Waals surface area contributed by atoms with Gasteiger partial charge in [0.2, 0.25) is 0 Å². The molecule has 0 spiro atoms. The summed E-state index contributed by atoms with van der Waals surface area (Å²) < 4.78 is 14.0. The molecule has 0 saturated carbocycles. The third kappa shape index (κ3) is 4.40. The number of pyridine rings is 1. The quantitative estimate of drug-likeness (QED) is 0.913. The normalized spacial score (nSPS) is 12.4. The highest BCUT2D eigenvalue weighted by Crippen LogP contribution is 2.20. The minimum Gasteiger partial charge on any atom is -0.393 e. The average molecular weight is 324 g/mol. The molecule has 2 rings (SSSR count). The summed E-state index contributed by atoms with van der Waals surface area (Å²) in [5.41, 5.74) is 1.94. The largest absolute Gasteiger partial charge is 0.393 e. The summed E-state index contributed by atoms with van der Waals surface area (Å²) in [4.78, 5) is 3.95. The Hall–Kier alpha value is -1.26. The summed E-state index contributed by atoms with van der Waals surface area (Å²) >= 11 is 3.37. The van der Waals surface area contributed by atoms with Gasteiger partial charge in [-0.15, -0.1) is 0 Å². The Morgan fingerprint density at radius 1 is 1.21 bits per heavy atom. The van der Waals surface area contributed by atoms with Crippen LogP contribution in [0.25, 0.3) is 0 Å². The van der Waals surface area contributed by atoms with E-state index in [2.05, 4.69) is 20.9 Å². The topological polar surface area (TPSA) is 33.1 Å². The lowest BCUT2D eigenvalue weighted by Crippen LogP contribution is -2.12. The van der Waals surface area contributed by atoms with Crippen LogP contribution in [0.1, 0.15) is 17.5 Å². The van der Waals surface area contributed by atoms with Gasteiger partial charge in [-0.2, -0.15) is 0 Å². The third-order valence-corrected chi connectivity index (χ3v) is 3.75. The summed E-state index contributed by atoms with van der Waals surface area (Å²) in [6.45, 7) is 0. The maximum atomic E-state index is 13.1. The zero-order valence-electron chi connectivity index (χ0n) is 10.4. The fourth-order valence-electron chi connectivity index (χ4n) is 1.94. The number of aliphatic hydroxyl groups excluding tert-OH is 1. The van der Waals surface area contributed by atoms with Crippen LogP contribution in [-0.2, 0) is 12.8 Å². The van der Waals surface area contributed by atoms with Crippen LogP contribution in [-0.4, -0.2) is 16.2 Å². The summed E-state index contributed by atoms with van der Waals surface area (Å²) in [6.07, 6.45) is 4.88. The Morgan fingerprint density at radius 3 is 2.68 bits per heavy atom. The second kappa shape index (κ2) is 6.78. The minimum atomic E-state index is -0.480. The van der Waals surface area contributed by atoms with E-state index < -0.39 is 6.10 Å². The lowest BCUT2D eigenvalue weighted by atomic mass is 10.0. The van der Waals surface area contributed by atoms with Gasteiger partial charge in [0.1, 0.15) is 5.82 Å². The van der Waals surface area contributed by atoms with Crippen molar-refractivity contribution in [3.8, 4) is 0 Å². The Balaban J connectivity index is 1.90. The molecule has 2 aromatic rings. The number of hydrogen-bond donors (Lipinski definition) is 1. The Morgan fingerprint density at radius 2 is 1.95 bits per heavy atom. The van der Waals surface area contributed by atoms with Crippen molar-refractivity contribution in [3.63, 3.8) is 0 Å². The number of halogens is 2. The molecule has 0 amide bonds. The molecule has 1 N–H and O–H groups in total. The van der Waals surface area contributed by atoms with Gasteiger partial charge in [0.15, 0.2) is 0 Å². The molecular formula is C15H15BrFNO. The molecule has 2 nitrogen and oxygen atoms in total. The molecule has 0 radical (unpaired) electrons. The first-order valence-corrected chi connectivity index (χ1v) is 6.95. The van der Waals surface area contributed by atoms with Gasteiger partial charge in [0.25, 0.3) is 0 Å². The summed E-state index contributed by atoms with van der Waals surface area (Å²) in [5, 5.41) is 10.0. The minimum absolute atomic E-state index is 0.278. The van der Waals surface area contributed by atoms with Gasteiger partial charge >= 0.3 is 0 Å². The van der Waals surface area contributed by atoms with Crippen molar-refractivity contribution in [2.45, 2.75) is 25.4 Å². The second-order valence-corrected chi connectivity index (χ2v) is 5.34. The van der Waals surface area contributed by atoms with E-state index in [4.69, 9.17) is 0 Å². The van der Waals surface area contributed by atoms with E-state index in [0.717, 1.165) is 22.0 Å². The van der Waals surface area contributed by atoms with Crippen molar-refractivity contribution in [3.05, 3.63) is 64.1 Å². The van der Waals surface area contributed by atoms with Crippen molar-refractivity contribution in [1.29, 1.82) is 0 Å². The van der Waals surface area contributed by atoms with Crippen LogP contribution < -0.4 is 0 Å². The SMILES string of the molecule is OC(CCc1ccncc1)Cc1cc(F)ccc1Br. The van der Waals surface area contributed by atoms with E-state index in [0.29, 0.717) is 12.8 Å². The van der Waals surface area contributed by atoms with Crippen molar-refractivity contribution >= 4 is 15.9 Å². The first-order chi connectivity index (χ1) is 9.15. The van der Waals surface area contributed by atoms with Gasteiger partial charge in [0, 0.05) is 16.9 Å². The van der Waals surface area contributed by atoms with E-state index in [1.807, 2.05) is 12.1 Å². The molecule has 1 aromatic carbocycles. The molecule has 0 saturated heterocycles. The molecule has 19 heavy (non-hydrogen) atoms. The Labute approximate surface area is 120 Å². The average Bonchev–Trinajstić information content (AvgIpc) is 2.42. The number of benzene rings is 1. The van der Waals surface area contributed by atoms with Crippen LogP contribution in [0.3, 0.4) is 0 Å². The van der Waals surface area contributed by atoms with Crippen LogP contribution in [0.4, 0.5) is 4.39 Å². The number of nitrogens with zero attached hydrogens (tertiary/aromatic N) is 1. The van der Waals surface area contributed by atoms with Crippen LogP contribution >= 0.6 is 15.9 Å². The zero-order valence-corrected chi connectivity index (χ0v) is 12.0. The standard InChI is InChI=1S/C15H15BrFNO/c16-15-4-2-13(17)9-12(15)10-14(19)3-1-11-5-7-18-8-6-11/h2,4-9,14,19H,1,3,10H2. The monoisotopic (exact) mass is 323 g/mol. The molecule has 0 aliphatic heterocycles. The third-order valence-electron chi connectivity index (χ3n) is 2.98. The van der Waals surface area contributed by atoms with Crippen LogP contribution in [0, 0.1) is 5.82 Å². The highest BCUT2D eigenvalue weighted by molar-refractivity contribution is 9.10. The van der Waals surface area contributed by atoms with Gasteiger partial charge < -0.3 is 5.11 Å². The highest BCUT2D eigenvalue weighted by Gasteiger charge is 2.09. The molecule has 100 valence electrons. The summed E-state index contributed by atoms with van der Waals surface area (Å²) in [5.74, 6) is -0.278. The molecule has 0 bridgehead atoms. The van der Waals surface area contributed by atoms with E-state index in [1.54, 1.807) is 18.5 Å². The molecule has 1 unspecified atom stereocenters. The van der Waals surface area contributed by atoms with Crippen LogP contribution in [0.2, 0.25) is 0 Å². The summed E-state index contributed by atoms with van der Waals surface area (Å²) in [7, 11) is 0. The van der Waals surface area contributed by atoms with E-state index >= 15 is 0 Å². The maximum Gasteiger partial charge on any atom is 0.123 e. The predicted octanol–water partition coefficient (Wildman–Crippen LogP) is 3.52. The van der Waals surface area contributed by atoms with Gasteiger partial charge in [0.05, 0.1) is 6.10 Å². The predicted molar refractivity (Wildman–Crippen MR) is 76.4 cm³/mol. The number of aryl methyl sites for hydroxylation is 1. The van der Waals surface area contributed by atoms with Gasteiger partial charge in [-0.05, 0) is 60.7 Å². The molecule has 0 fully saturated rings. The summed E-state index contributed by atoms with van der Waals surface area (Å²) in [6, 6.07) is 8.40. The number of aromatic nitrogens is 1. The highest BCUT2D eigenvalue weighted by atomic mass is 79.9. The van der Waals surface area contributed by atoms with Crippen LogP contribution in [0.15, 0.2) is 47.2 Å². The van der Waals surface area contributed by atoms with Crippen molar-refractivity contribution in [2.24, 2.45) is 0 Å². The maximum absolute atomic E-state index is 13.1. The lowest BCUT2D eigenvalue weighted by molar-refractivity contribution is 0.165. The fourth-order valence-corrected chi connectivity index (χ4v) is 2.35. The van der Waals surface area contributed by atoms with Crippen LogP contribution in [0.5, 0.6) is 0 Å². The Bertz CT molecular complexity index is 533. The number of rotatable bonds is 5. The second-order valence-electron chi connectivity index (χ2n) is 4.49.